The van der Waals surface area contributed by atoms with Gasteiger partial charge in [-0.3, -0.25) is 4.79 Å². The molecule has 0 N–H and O–H groups in total. The number of hydrogen-bond acceptors (Lipinski definition) is 3. The van der Waals surface area contributed by atoms with Crippen LogP contribution in [-0.4, -0.2) is 19.8 Å². The summed E-state index contributed by atoms with van der Waals surface area (Å²) >= 11 is 0. The van der Waals surface area contributed by atoms with Crippen molar-refractivity contribution < 1.29 is 9.32 Å². The Labute approximate surface area is 190 Å². The molecular formula is C28H25NO2Si. The van der Waals surface area contributed by atoms with Crippen molar-refractivity contribution >= 4 is 35.4 Å². The molecule has 0 saturated carbocycles. The fourth-order valence-corrected chi connectivity index (χ4v) is 7.41. The van der Waals surface area contributed by atoms with E-state index in [0.29, 0.717) is 11.3 Å². The molecule has 0 aliphatic carbocycles. The van der Waals surface area contributed by atoms with Crippen molar-refractivity contribution in [1.29, 1.82) is 0 Å². The SMILES string of the molecule is C/C(CC(=O)c1ccccc1)=N\O[Si](c1ccccc1)(c1ccccc1)c1ccccc1. The Morgan fingerprint density at radius 2 is 1.03 bits per heavy atom. The Hall–Kier alpha value is -3.76. The van der Waals surface area contributed by atoms with Crippen LogP contribution in [0.25, 0.3) is 0 Å². The summed E-state index contributed by atoms with van der Waals surface area (Å²) in [5.74, 6) is 0.0295. The summed E-state index contributed by atoms with van der Waals surface area (Å²) < 4.78 is 6.56. The van der Waals surface area contributed by atoms with Crippen LogP contribution in [0, 0.1) is 0 Å². The van der Waals surface area contributed by atoms with Crippen molar-refractivity contribution in [1.82, 2.24) is 0 Å². The van der Waals surface area contributed by atoms with Crippen molar-refractivity contribution in [3.05, 3.63) is 127 Å². The van der Waals surface area contributed by atoms with Crippen LogP contribution < -0.4 is 15.6 Å². The van der Waals surface area contributed by atoms with Gasteiger partial charge in [-0.25, -0.2) is 0 Å². The van der Waals surface area contributed by atoms with Gasteiger partial charge in [-0.1, -0.05) is 121 Å². The molecule has 4 rings (SSSR count). The zero-order valence-corrected chi connectivity index (χ0v) is 19.0. The predicted molar refractivity (Wildman–Crippen MR) is 134 cm³/mol. The highest BCUT2D eigenvalue weighted by Gasteiger charge is 2.44. The minimum atomic E-state index is -2.92. The molecule has 32 heavy (non-hydrogen) atoms. The normalized spacial score (nSPS) is 11.7. The fourth-order valence-electron chi connectivity index (χ4n) is 3.81. The van der Waals surface area contributed by atoms with Crippen molar-refractivity contribution in [2.75, 3.05) is 0 Å². The zero-order chi connectivity index (χ0) is 22.2. The van der Waals surface area contributed by atoms with Gasteiger partial charge >= 0.3 is 8.32 Å². The Morgan fingerprint density at radius 1 is 0.656 bits per heavy atom. The molecular weight excluding hydrogens is 410 g/mol. The molecule has 0 saturated heterocycles. The fraction of sp³-hybridized carbons (Fsp3) is 0.0714. The lowest BCUT2D eigenvalue weighted by molar-refractivity contribution is 0.0999. The molecule has 0 fully saturated rings. The monoisotopic (exact) mass is 435 g/mol. The molecule has 0 heterocycles. The molecule has 0 bridgehead atoms. The summed E-state index contributed by atoms with van der Waals surface area (Å²) in [4.78, 5) is 12.7. The molecule has 0 aliphatic heterocycles. The first-order chi connectivity index (χ1) is 15.7. The highest BCUT2D eigenvalue weighted by Crippen LogP contribution is 2.12. The van der Waals surface area contributed by atoms with Crippen molar-refractivity contribution in [3.63, 3.8) is 0 Å². The highest BCUT2D eigenvalue weighted by atomic mass is 28.4. The van der Waals surface area contributed by atoms with Crippen molar-refractivity contribution in [2.45, 2.75) is 13.3 Å². The van der Waals surface area contributed by atoms with E-state index in [4.69, 9.17) is 4.53 Å². The number of ketones is 1. The van der Waals surface area contributed by atoms with Crippen molar-refractivity contribution in [2.24, 2.45) is 5.16 Å². The lowest BCUT2D eigenvalue weighted by Crippen LogP contribution is -2.68. The average molecular weight is 436 g/mol. The summed E-state index contributed by atoms with van der Waals surface area (Å²) in [6, 6.07) is 40.1. The Morgan fingerprint density at radius 3 is 1.44 bits per heavy atom. The summed E-state index contributed by atoms with van der Waals surface area (Å²) in [5, 5.41) is 7.85. The first-order valence-corrected chi connectivity index (χ1v) is 12.6. The Bertz CT molecular complexity index is 1080. The van der Waals surface area contributed by atoms with Crippen LogP contribution >= 0.6 is 0 Å². The van der Waals surface area contributed by atoms with Gasteiger partial charge in [0.15, 0.2) is 5.78 Å². The maximum atomic E-state index is 12.7. The number of Topliss-reactive ketones (excluding diaryl/α,β-unsaturated/α-hetero) is 1. The third kappa shape index (κ3) is 4.61. The lowest BCUT2D eigenvalue weighted by Gasteiger charge is -2.30. The largest absolute Gasteiger partial charge is 0.438 e. The van der Waals surface area contributed by atoms with E-state index in [1.165, 1.54) is 0 Å². The van der Waals surface area contributed by atoms with E-state index in [9.17, 15) is 4.79 Å². The minimum Gasteiger partial charge on any atom is -0.438 e. The maximum Gasteiger partial charge on any atom is 0.380 e. The molecule has 4 heteroatoms. The summed E-state index contributed by atoms with van der Waals surface area (Å²) in [7, 11) is -2.92. The van der Waals surface area contributed by atoms with Crippen LogP contribution in [-0.2, 0) is 4.53 Å². The lowest BCUT2D eigenvalue weighted by atomic mass is 10.1. The second-order valence-electron chi connectivity index (χ2n) is 7.66. The van der Waals surface area contributed by atoms with E-state index in [2.05, 4.69) is 41.6 Å². The van der Waals surface area contributed by atoms with Gasteiger partial charge in [-0.2, -0.15) is 0 Å². The van der Waals surface area contributed by atoms with Crippen molar-refractivity contribution in [3.8, 4) is 0 Å². The maximum absolute atomic E-state index is 12.7. The summed E-state index contributed by atoms with van der Waals surface area (Å²) in [6.07, 6.45) is 0.215. The van der Waals surface area contributed by atoms with E-state index < -0.39 is 8.32 Å². The molecule has 4 aromatic rings. The van der Waals surface area contributed by atoms with E-state index in [0.717, 1.165) is 15.6 Å². The smallest absolute Gasteiger partial charge is 0.380 e. The zero-order valence-electron chi connectivity index (χ0n) is 18.0. The van der Waals surface area contributed by atoms with Gasteiger partial charge in [0.1, 0.15) is 0 Å². The predicted octanol–water partition coefficient (Wildman–Crippen LogP) is 4.32. The summed E-state index contributed by atoms with van der Waals surface area (Å²) in [5.41, 5.74) is 1.33. The number of carbonyl (C=O) groups is 1. The van der Waals surface area contributed by atoms with Gasteiger partial charge in [0.2, 0.25) is 0 Å². The van der Waals surface area contributed by atoms with E-state index in [1.807, 2.05) is 91.9 Å². The standard InChI is InChI=1S/C28H25NO2Si/c1-23(22-28(30)24-14-6-2-7-15-24)29-31-32(25-16-8-3-9-17-25,26-18-10-4-11-19-26)27-20-12-5-13-21-27/h2-21H,22H2,1H3/b29-23+. The van der Waals surface area contributed by atoms with Gasteiger partial charge in [0, 0.05) is 5.56 Å². The Balaban J connectivity index is 1.76. The van der Waals surface area contributed by atoms with Crippen LogP contribution in [0.5, 0.6) is 0 Å². The van der Waals surface area contributed by atoms with Gasteiger partial charge < -0.3 is 4.53 Å². The van der Waals surface area contributed by atoms with E-state index in [1.54, 1.807) is 0 Å². The van der Waals surface area contributed by atoms with Gasteiger partial charge in [0.05, 0.1) is 12.1 Å². The van der Waals surface area contributed by atoms with Gasteiger partial charge in [-0.15, -0.1) is 5.16 Å². The first kappa shape index (κ1) is 21.5. The number of oxime groups is 1. The quantitative estimate of drug-likeness (QED) is 0.136. The molecule has 0 spiro atoms. The molecule has 158 valence electrons. The molecule has 0 atom stereocenters. The van der Waals surface area contributed by atoms with Crippen LogP contribution in [0.3, 0.4) is 0 Å². The molecule has 0 aromatic heterocycles. The molecule has 0 unspecified atom stereocenters. The number of nitrogens with zero attached hydrogens (tertiary/aromatic N) is 1. The van der Waals surface area contributed by atoms with Gasteiger partial charge in [-0.05, 0) is 22.5 Å². The third-order valence-corrected chi connectivity index (χ3v) is 9.20. The van der Waals surface area contributed by atoms with Crippen LogP contribution in [0.1, 0.15) is 23.7 Å². The average Bonchev–Trinajstić information content (AvgIpc) is 2.87. The first-order valence-electron chi connectivity index (χ1n) is 10.7. The van der Waals surface area contributed by atoms with Gasteiger partial charge in [0.25, 0.3) is 0 Å². The summed E-state index contributed by atoms with van der Waals surface area (Å²) in [6.45, 7) is 1.85. The molecule has 0 amide bonds. The topological polar surface area (TPSA) is 38.7 Å². The van der Waals surface area contributed by atoms with Crippen LogP contribution in [0.15, 0.2) is 126 Å². The molecule has 4 aromatic carbocycles. The third-order valence-electron chi connectivity index (χ3n) is 5.39. The van der Waals surface area contributed by atoms with E-state index in [-0.39, 0.29) is 12.2 Å². The minimum absolute atomic E-state index is 0.0295. The number of rotatable bonds is 8. The number of benzene rings is 4. The second-order valence-corrected chi connectivity index (χ2v) is 10.9. The number of hydrogen-bond donors (Lipinski definition) is 0. The van der Waals surface area contributed by atoms with Crippen LogP contribution in [0.4, 0.5) is 0 Å². The second kappa shape index (κ2) is 10.0. The molecule has 3 nitrogen and oxygen atoms in total. The molecule has 0 aliphatic rings. The van der Waals surface area contributed by atoms with Crippen LogP contribution in [0.2, 0.25) is 0 Å². The number of carbonyl (C=O) groups excluding carboxylic acids is 1. The Kier molecular flexibility index (Phi) is 6.73. The van der Waals surface area contributed by atoms with E-state index >= 15 is 0 Å². The molecule has 0 radical (unpaired) electrons. The highest BCUT2D eigenvalue weighted by molar-refractivity contribution is 7.07.